The molecule has 2 N–H and O–H groups in total. The summed E-state index contributed by atoms with van der Waals surface area (Å²) in [5, 5.41) is 5.37. The number of nitrogens with one attached hydrogen (secondary N) is 2. The highest BCUT2D eigenvalue weighted by molar-refractivity contribution is 5.90. The van der Waals surface area contributed by atoms with Crippen molar-refractivity contribution in [3.8, 4) is 5.75 Å². The number of ether oxygens (including phenoxy) is 1. The molecule has 0 aliphatic heterocycles. The van der Waals surface area contributed by atoms with Crippen LogP contribution < -0.4 is 15.4 Å². The molecule has 2 aromatic rings. The Morgan fingerprint density at radius 1 is 1.08 bits per heavy atom. The summed E-state index contributed by atoms with van der Waals surface area (Å²) >= 11 is 0. The smallest absolute Gasteiger partial charge is 0.257 e. The Labute approximate surface area is 139 Å². The van der Waals surface area contributed by atoms with Crippen LogP contribution in [0.5, 0.6) is 5.75 Å². The minimum absolute atomic E-state index is 0.153. The van der Waals surface area contributed by atoms with Crippen LogP contribution in [0.25, 0.3) is 0 Å². The van der Waals surface area contributed by atoms with Gasteiger partial charge in [0.25, 0.3) is 5.91 Å². The van der Waals surface area contributed by atoms with Crippen molar-refractivity contribution >= 4 is 17.5 Å². The number of para-hydroxylation sites is 2. The van der Waals surface area contributed by atoms with Crippen molar-refractivity contribution < 1.29 is 18.7 Å². The van der Waals surface area contributed by atoms with Gasteiger partial charge in [-0.1, -0.05) is 24.3 Å². The summed E-state index contributed by atoms with van der Waals surface area (Å²) in [6, 6.07) is 13.0. The lowest BCUT2D eigenvalue weighted by molar-refractivity contribution is -0.123. The van der Waals surface area contributed by atoms with E-state index >= 15 is 0 Å². The van der Waals surface area contributed by atoms with Gasteiger partial charge in [-0.25, -0.2) is 4.39 Å². The zero-order valence-electron chi connectivity index (χ0n) is 13.3. The maximum atomic E-state index is 12.8. The van der Waals surface area contributed by atoms with E-state index in [1.807, 2.05) is 0 Å². The van der Waals surface area contributed by atoms with E-state index in [0.29, 0.717) is 24.4 Å². The highest BCUT2D eigenvalue weighted by Crippen LogP contribution is 2.23. The number of carbonyl (C=O) groups excluding carboxylic acids is 2. The van der Waals surface area contributed by atoms with Crippen molar-refractivity contribution in [2.75, 3.05) is 18.5 Å². The number of hydrogen-bond acceptors (Lipinski definition) is 3. The summed E-state index contributed by atoms with van der Waals surface area (Å²) in [6.45, 7) is 1.68. The van der Waals surface area contributed by atoms with Gasteiger partial charge in [0.05, 0.1) is 5.69 Å². The minimum Gasteiger partial charge on any atom is -0.482 e. The van der Waals surface area contributed by atoms with Crippen molar-refractivity contribution in [3.63, 3.8) is 0 Å². The second kappa shape index (κ2) is 8.67. The van der Waals surface area contributed by atoms with E-state index in [1.165, 1.54) is 19.1 Å². The quantitative estimate of drug-likeness (QED) is 0.820. The molecule has 2 aromatic carbocycles. The minimum atomic E-state index is -0.283. The molecule has 2 rings (SSSR count). The van der Waals surface area contributed by atoms with Crippen LogP contribution in [0.4, 0.5) is 10.1 Å². The van der Waals surface area contributed by atoms with Gasteiger partial charge < -0.3 is 15.4 Å². The monoisotopic (exact) mass is 330 g/mol. The first kappa shape index (κ1) is 17.5. The first-order chi connectivity index (χ1) is 11.5. The SMILES string of the molecule is CC(=O)Nc1ccccc1OCC(=O)NCCc1ccc(F)cc1. The molecule has 2 amide bonds. The summed E-state index contributed by atoms with van der Waals surface area (Å²) in [7, 11) is 0. The predicted octanol–water partition coefficient (Wildman–Crippen LogP) is 2.52. The Morgan fingerprint density at radius 3 is 2.50 bits per heavy atom. The molecule has 0 saturated carbocycles. The van der Waals surface area contributed by atoms with Gasteiger partial charge in [0, 0.05) is 13.5 Å². The molecule has 24 heavy (non-hydrogen) atoms. The molecule has 0 heterocycles. The van der Waals surface area contributed by atoms with Crippen molar-refractivity contribution in [2.24, 2.45) is 0 Å². The number of carbonyl (C=O) groups is 2. The first-order valence-corrected chi connectivity index (χ1v) is 7.55. The van der Waals surface area contributed by atoms with Crippen LogP contribution in [0.1, 0.15) is 12.5 Å². The van der Waals surface area contributed by atoms with Gasteiger partial charge in [-0.05, 0) is 36.2 Å². The van der Waals surface area contributed by atoms with Crippen molar-refractivity contribution in [1.82, 2.24) is 5.32 Å². The van der Waals surface area contributed by atoms with Crippen LogP contribution in [0.15, 0.2) is 48.5 Å². The van der Waals surface area contributed by atoms with Gasteiger partial charge >= 0.3 is 0 Å². The second-order valence-corrected chi connectivity index (χ2v) is 5.19. The van der Waals surface area contributed by atoms with Crippen LogP contribution in [0, 0.1) is 5.82 Å². The fourth-order valence-electron chi connectivity index (χ4n) is 2.08. The molecule has 0 aliphatic carbocycles. The van der Waals surface area contributed by atoms with Gasteiger partial charge in [-0.3, -0.25) is 9.59 Å². The average molecular weight is 330 g/mol. The molecule has 0 unspecified atom stereocenters. The molecule has 0 fully saturated rings. The third kappa shape index (κ3) is 5.72. The molecule has 126 valence electrons. The lowest BCUT2D eigenvalue weighted by Crippen LogP contribution is -2.30. The van der Waals surface area contributed by atoms with Crippen molar-refractivity contribution in [1.29, 1.82) is 0 Å². The zero-order valence-corrected chi connectivity index (χ0v) is 13.3. The highest BCUT2D eigenvalue weighted by atomic mass is 19.1. The van der Waals surface area contributed by atoms with Crippen molar-refractivity contribution in [3.05, 3.63) is 59.9 Å². The summed E-state index contributed by atoms with van der Waals surface area (Å²) in [4.78, 5) is 22.9. The van der Waals surface area contributed by atoms with E-state index < -0.39 is 0 Å². The number of anilines is 1. The third-order valence-electron chi connectivity index (χ3n) is 3.21. The van der Waals surface area contributed by atoms with E-state index in [-0.39, 0.29) is 24.2 Å². The summed E-state index contributed by atoms with van der Waals surface area (Å²) < 4.78 is 18.2. The van der Waals surface area contributed by atoms with Gasteiger partial charge in [0.1, 0.15) is 11.6 Å². The first-order valence-electron chi connectivity index (χ1n) is 7.55. The Kier molecular flexibility index (Phi) is 6.31. The Bertz CT molecular complexity index is 702. The van der Waals surface area contributed by atoms with E-state index in [2.05, 4.69) is 10.6 Å². The number of halogens is 1. The number of rotatable bonds is 7. The number of benzene rings is 2. The van der Waals surface area contributed by atoms with Crippen LogP contribution in [0.2, 0.25) is 0 Å². The fraction of sp³-hybridized carbons (Fsp3) is 0.222. The molecule has 0 radical (unpaired) electrons. The largest absolute Gasteiger partial charge is 0.482 e. The maximum Gasteiger partial charge on any atom is 0.257 e. The molecule has 0 bridgehead atoms. The molecule has 0 saturated heterocycles. The number of hydrogen-bond donors (Lipinski definition) is 2. The van der Waals surface area contributed by atoms with E-state index in [1.54, 1.807) is 36.4 Å². The van der Waals surface area contributed by atoms with Crippen LogP contribution >= 0.6 is 0 Å². The zero-order chi connectivity index (χ0) is 17.4. The average Bonchev–Trinajstić information content (AvgIpc) is 2.55. The highest BCUT2D eigenvalue weighted by Gasteiger charge is 2.07. The normalized spacial score (nSPS) is 10.1. The Hall–Kier alpha value is -2.89. The predicted molar refractivity (Wildman–Crippen MR) is 89.4 cm³/mol. The maximum absolute atomic E-state index is 12.8. The number of amides is 2. The van der Waals surface area contributed by atoms with Gasteiger partial charge in [-0.2, -0.15) is 0 Å². The molecule has 0 spiro atoms. The van der Waals surface area contributed by atoms with Crippen LogP contribution in [-0.2, 0) is 16.0 Å². The summed E-state index contributed by atoms with van der Waals surface area (Å²) in [5.41, 5.74) is 1.46. The Balaban J connectivity index is 1.77. The van der Waals surface area contributed by atoms with Gasteiger partial charge in [0.2, 0.25) is 5.91 Å². The Morgan fingerprint density at radius 2 is 1.79 bits per heavy atom. The summed E-state index contributed by atoms with van der Waals surface area (Å²) in [5.74, 6) is -0.333. The van der Waals surface area contributed by atoms with Crippen LogP contribution in [-0.4, -0.2) is 25.0 Å². The standard InChI is InChI=1S/C18H19FN2O3/c1-13(22)21-16-4-2-3-5-17(16)24-12-18(23)20-11-10-14-6-8-15(19)9-7-14/h2-9H,10-12H2,1H3,(H,20,23)(H,21,22). The lowest BCUT2D eigenvalue weighted by atomic mass is 10.1. The van der Waals surface area contributed by atoms with E-state index in [4.69, 9.17) is 4.74 Å². The molecule has 6 heteroatoms. The third-order valence-corrected chi connectivity index (χ3v) is 3.21. The van der Waals surface area contributed by atoms with Gasteiger partial charge in [-0.15, -0.1) is 0 Å². The molecule has 0 aliphatic rings. The van der Waals surface area contributed by atoms with Crippen LogP contribution in [0.3, 0.4) is 0 Å². The molecule has 0 atom stereocenters. The van der Waals surface area contributed by atoms with E-state index in [0.717, 1.165) is 5.56 Å². The molecular formula is C18H19FN2O3. The fourth-order valence-corrected chi connectivity index (χ4v) is 2.08. The molecule has 5 nitrogen and oxygen atoms in total. The molecule has 0 aromatic heterocycles. The topological polar surface area (TPSA) is 67.4 Å². The van der Waals surface area contributed by atoms with Gasteiger partial charge in [0.15, 0.2) is 6.61 Å². The molecular weight excluding hydrogens is 311 g/mol. The second-order valence-electron chi connectivity index (χ2n) is 5.19. The van der Waals surface area contributed by atoms with E-state index in [9.17, 15) is 14.0 Å². The summed E-state index contributed by atoms with van der Waals surface area (Å²) in [6.07, 6.45) is 0.606. The lowest BCUT2D eigenvalue weighted by Gasteiger charge is -2.11. The van der Waals surface area contributed by atoms with Crippen molar-refractivity contribution in [2.45, 2.75) is 13.3 Å².